The number of fused-ring (bicyclic) bond motifs is 1. The maximum absolute atomic E-state index is 12.5. The molecule has 0 N–H and O–H groups in total. The van der Waals surface area contributed by atoms with Crippen LogP contribution in [0.15, 0.2) is 16.6 Å². The van der Waals surface area contributed by atoms with Gasteiger partial charge in [0.05, 0.1) is 10.5 Å². The standard InChI is InChI=1S/C19H23BrCl2N4O2/c1-10-8-25(18(27)28-19(3,4)5)9-11(2)26(10)16-12-6-13(20)14(21)7-15(12)23-17(22)24-16/h6-7,10-11H,8-9H2,1-5H3/t10-,11+. The van der Waals surface area contributed by atoms with Crippen LogP contribution in [0.25, 0.3) is 10.9 Å². The summed E-state index contributed by atoms with van der Waals surface area (Å²) < 4.78 is 6.30. The van der Waals surface area contributed by atoms with Crippen molar-refractivity contribution in [3.8, 4) is 0 Å². The fourth-order valence-electron chi connectivity index (χ4n) is 3.49. The molecule has 1 aliphatic rings. The van der Waals surface area contributed by atoms with Crippen LogP contribution >= 0.6 is 39.1 Å². The molecule has 28 heavy (non-hydrogen) atoms. The topological polar surface area (TPSA) is 58.6 Å². The van der Waals surface area contributed by atoms with Crippen LogP contribution in [0.5, 0.6) is 0 Å². The van der Waals surface area contributed by atoms with Crippen LogP contribution in [0.2, 0.25) is 10.3 Å². The Hall–Kier alpha value is -1.31. The van der Waals surface area contributed by atoms with E-state index in [0.717, 1.165) is 15.7 Å². The van der Waals surface area contributed by atoms with Crippen molar-refractivity contribution in [2.75, 3.05) is 18.0 Å². The number of halogens is 3. The fraction of sp³-hybridized carbons (Fsp3) is 0.526. The molecule has 0 saturated carbocycles. The van der Waals surface area contributed by atoms with Gasteiger partial charge in [0.25, 0.3) is 0 Å². The fourth-order valence-corrected chi connectivity index (χ4v) is 4.16. The molecular weight excluding hydrogens is 467 g/mol. The van der Waals surface area contributed by atoms with Gasteiger partial charge in [-0.3, -0.25) is 0 Å². The average Bonchev–Trinajstić information content (AvgIpc) is 2.54. The van der Waals surface area contributed by atoms with Gasteiger partial charge >= 0.3 is 6.09 Å². The van der Waals surface area contributed by atoms with Crippen molar-refractivity contribution < 1.29 is 9.53 Å². The molecule has 1 aromatic carbocycles. The largest absolute Gasteiger partial charge is 0.444 e. The number of carbonyl (C=O) groups excluding carboxylic acids is 1. The van der Waals surface area contributed by atoms with Crippen LogP contribution in [0.1, 0.15) is 34.6 Å². The summed E-state index contributed by atoms with van der Waals surface area (Å²) in [4.78, 5) is 25.2. The molecule has 152 valence electrons. The Kier molecular flexibility index (Phi) is 5.99. The highest BCUT2D eigenvalue weighted by Crippen LogP contribution is 2.35. The highest BCUT2D eigenvalue weighted by molar-refractivity contribution is 9.10. The number of nitrogens with zero attached hydrogens (tertiary/aromatic N) is 4. The van der Waals surface area contributed by atoms with Crippen molar-refractivity contribution in [3.63, 3.8) is 0 Å². The quantitative estimate of drug-likeness (QED) is 0.492. The van der Waals surface area contributed by atoms with E-state index in [2.05, 4.69) is 44.6 Å². The van der Waals surface area contributed by atoms with Gasteiger partial charge in [0.15, 0.2) is 0 Å². The van der Waals surface area contributed by atoms with E-state index in [1.165, 1.54) is 0 Å². The molecule has 0 spiro atoms. The summed E-state index contributed by atoms with van der Waals surface area (Å²) in [5, 5.41) is 1.57. The predicted molar refractivity (Wildman–Crippen MR) is 116 cm³/mol. The van der Waals surface area contributed by atoms with Crippen LogP contribution in [-0.4, -0.2) is 51.7 Å². The number of aromatic nitrogens is 2. The van der Waals surface area contributed by atoms with Crippen molar-refractivity contribution >= 4 is 61.9 Å². The molecule has 0 unspecified atom stereocenters. The summed E-state index contributed by atoms with van der Waals surface area (Å²) in [6.45, 7) is 10.8. The monoisotopic (exact) mass is 488 g/mol. The summed E-state index contributed by atoms with van der Waals surface area (Å²) in [6, 6.07) is 3.70. The summed E-state index contributed by atoms with van der Waals surface area (Å²) in [5.74, 6) is 0.733. The number of amides is 1. The average molecular weight is 490 g/mol. The molecule has 6 nitrogen and oxygen atoms in total. The minimum atomic E-state index is -0.525. The van der Waals surface area contributed by atoms with Crippen molar-refractivity contribution in [1.29, 1.82) is 0 Å². The van der Waals surface area contributed by atoms with Gasteiger partial charge in [0, 0.05) is 35.0 Å². The number of hydrogen-bond acceptors (Lipinski definition) is 5. The van der Waals surface area contributed by atoms with Gasteiger partial charge in [-0.05, 0) is 74.3 Å². The first kappa shape index (κ1) is 21.4. The third kappa shape index (κ3) is 4.47. The number of rotatable bonds is 1. The highest BCUT2D eigenvalue weighted by Gasteiger charge is 2.35. The second-order valence-corrected chi connectivity index (χ2v) is 9.69. The van der Waals surface area contributed by atoms with Crippen molar-refractivity contribution in [3.05, 3.63) is 26.9 Å². The molecule has 2 heterocycles. The van der Waals surface area contributed by atoms with Gasteiger partial charge in [-0.1, -0.05) is 11.6 Å². The highest BCUT2D eigenvalue weighted by atomic mass is 79.9. The molecular formula is C19H23BrCl2N4O2. The molecule has 3 rings (SSSR count). The van der Waals surface area contributed by atoms with Gasteiger partial charge in [-0.2, -0.15) is 4.98 Å². The number of benzene rings is 1. The van der Waals surface area contributed by atoms with Crippen molar-refractivity contribution in [2.24, 2.45) is 0 Å². The molecule has 0 aliphatic carbocycles. The third-order valence-corrected chi connectivity index (χ3v) is 5.87. The Bertz CT molecular complexity index is 907. The zero-order chi connectivity index (χ0) is 20.8. The molecule has 2 atom stereocenters. The molecule has 1 fully saturated rings. The van der Waals surface area contributed by atoms with E-state index in [9.17, 15) is 4.79 Å². The zero-order valence-electron chi connectivity index (χ0n) is 16.5. The molecule has 9 heteroatoms. The summed E-state index contributed by atoms with van der Waals surface area (Å²) in [6.07, 6.45) is -0.300. The molecule has 2 aromatic rings. The number of piperazine rings is 1. The van der Waals surface area contributed by atoms with Gasteiger partial charge in [0.1, 0.15) is 11.4 Å². The zero-order valence-corrected chi connectivity index (χ0v) is 19.6. The summed E-state index contributed by atoms with van der Waals surface area (Å²) >= 11 is 15.9. The predicted octanol–water partition coefficient (Wildman–Crippen LogP) is 5.53. The van der Waals surface area contributed by atoms with Gasteiger partial charge < -0.3 is 14.5 Å². The lowest BCUT2D eigenvalue weighted by Crippen LogP contribution is -2.59. The summed E-state index contributed by atoms with van der Waals surface area (Å²) in [5.41, 5.74) is 0.153. The summed E-state index contributed by atoms with van der Waals surface area (Å²) in [7, 11) is 0. The van der Waals surface area contributed by atoms with Crippen LogP contribution < -0.4 is 4.90 Å². The minimum Gasteiger partial charge on any atom is -0.444 e. The lowest BCUT2D eigenvalue weighted by atomic mass is 10.1. The first-order chi connectivity index (χ1) is 13.0. The normalized spacial score (nSPS) is 20.6. The second-order valence-electron chi connectivity index (χ2n) is 8.09. The molecule has 0 bridgehead atoms. The molecule has 0 radical (unpaired) electrons. The van der Waals surface area contributed by atoms with E-state index in [1.54, 1.807) is 11.0 Å². The maximum atomic E-state index is 12.5. The first-order valence-electron chi connectivity index (χ1n) is 9.05. The van der Waals surface area contributed by atoms with Crippen molar-refractivity contribution in [2.45, 2.75) is 52.3 Å². The number of hydrogen-bond donors (Lipinski definition) is 0. The Morgan fingerprint density at radius 2 is 1.79 bits per heavy atom. The van der Waals surface area contributed by atoms with Gasteiger partial charge in [0.2, 0.25) is 5.28 Å². The van der Waals surface area contributed by atoms with Crippen LogP contribution in [0.4, 0.5) is 10.6 Å². The van der Waals surface area contributed by atoms with E-state index in [-0.39, 0.29) is 23.5 Å². The van der Waals surface area contributed by atoms with E-state index >= 15 is 0 Å². The van der Waals surface area contributed by atoms with Crippen LogP contribution in [0, 0.1) is 0 Å². The minimum absolute atomic E-state index is 0.0138. The van der Waals surface area contributed by atoms with E-state index in [1.807, 2.05) is 26.8 Å². The SMILES string of the molecule is C[C@@H]1CN(C(=O)OC(C)(C)C)C[C@H](C)N1c1nc(Cl)nc2cc(Cl)c(Br)cc12. The molecule has 1 amide bonds. The molecule has 1 saturated heterocycles. The smallest absolute Gasteiger partial charge is 0.410 e. The van der Waals surface area contributed by atoms with Gasteiger partial charge in [-0.25, -0.2) is 9.78 Å². The number of ether oxygens (including phenoxy) is 1. The Morgan fingerprint density at radius 1 is 1.18 bits per heavy atom. The molecule has 1 aromatic heterocycles. The maximum Gasteiger partial charge on any atom is 0.410 e. The lowest BCUT2D eigenvalue weighted by Gasteiger charge is -2.45. The van der Waals surface area contributed by atoms with Crippen LogP contribution in [0.3, 0.4) is 0 Å². The Balaban J connectivity index is 1.95. The second kappa shape index (κ2) is 7.84. The third-order valence-electron chi connectivity index (χ3n) is 4.51. The Morgan fingerprint density at radius 3 is 2.36 bits per heavy atom. The number of anilines is 1. The van der Waals surface area contributed by atoms with E-state index < -0.39 is 5.60 Å². The van der Waals surface area contributed by atoms with Crippen molar-refractivity contribution in [1.82, 2.24) is 14.9 Å². The lowest BCUT2D eigenvalue weighted by molar-refractivity contribution is 0.0192. The van der Waals surface area contributed by atoms with Gasteiger partial charge in [-0.15, -0.1) is 0 Å². The first-order valence-corrected chi connectivity index (χ1v) is 10.6. The molecule has 1 aliphatic heterocycles. The van der Waals surface area contributed by atoms with Crippen LogP contribution in [-0.2, 0) is 4.74 Å². The Labute approximate surface area is 183 Å². The van der Waals surface area contributed by atoms with E-state index in [0.29, 0.717) is 23.6 Å². The number of carbonyl (C=O) groups is 1. The van der Waals surface area contributed by atoms with E-state index in [4.69, 9.17) is 27.9 Å².